The fourth-order valence-corrected chi connectivity index (χ4v) is 1.43. The molecule has 1 rings (SSSR count). The Hall–Kier alpha value is -2.29. The Bertz CT molecular complexity index is 517. The van der Waals surface area contributed by atoms with Crippen molar-refractivity contribution in [3.05, 3.63) is 53.1 Å². The molecule has 0 N–H and O–H groups in total. The van der Waals surface area contributed by atoms with Gasteiger partial charge in [-0.25, -0.2) is 0 Å². The molecule has 0 atom stereocenters. The first-order valence-corrected chi connectivity index (χ1v) is 4.43. The van der Waals surface area contributed by atoms with Crippen molar-refractivity contribution in [3.8, 4) is 0 Å². The van der Waals surface area contributed by atoms with Crippen molar-refractivity contribution in [1.29, 1.82) is 0 Å². The van der Waals surface area contributed by atoms with Gasteiger partial charge in [0, 0.05) is 11.0 Å². The highest BCUT2D eigenvalue weighted by Crippen LogP contribution is 2.32. The molecule has 0 aromatic heterocycles. The quantitative estimate of drug-likeness (QED) is 0.601. The van der Waals surface area contributed by atoms with Gasteiger partial charge in [0.2, 0.25) is 6.54 Å². The van der Waals surface area contributed by atoms with Crippen LogP contribution in [0.5, 0.6) is 0 Å². The van der Waals surface area contributed by atoms with Gasteiger partial charge < -0.3 is 0 Å². The average molecular weight is 262 g/mol. The van der Waals surface area contributed by atoms with Crippen LogP contribution in [0.3, 0.4) is 0 Å². The normalized spacial score (nSPS) is 9.94. The first-order chi connectivity index (χ1) is 7.82. The van der Waals surface area contributed by atoms with Gasteiger partial charge in [0.1, 0.15) is 5.56 Å². The van der Waals surface area contributed by atoms with E-state index in [9.17, 15) is 30.3 Å². The van der Waals surface area contributed by atoms with Crippen LogP contribution in [-0.2, 0) is 6.54 Å². The number of nitro benzene ring substituents is 2. The average Bonchev–Trinajstić information content (AvgIpc) is 2.19. The molecule has 0 saturated carbocycles. The van der Waals surface area contributed by atoms with Crippen molar-refractivity contribution in [2.24, 2.45) is 0 Å². The molecule has 0 aliphatic heterocycles. The van der Waals surface area contributed by atoms with Crippen molar-refractivity contribution in [2.75, 3.05) is 0 Å². The minimum absolute atomic E-state index is 0.354. The maximum Gasteiger partial charge on any atom is 0.287 e. The topological polar surface area (TPSA) is 129 Å². The third-order valence-corrected chi connectivity index (χ3v) is 2.19. The maximum absolute atomic E-state index is 10.6. The molecule has 0 saturated heterocycles. The minimum atomic E-state index is -0.947. The second-order valence-corrected chi connectivity index (χ2v) is 3.34. The highest BCUT2D eigenvalue weighted by atomic mass is 35.5. The lowest BCUT2D eigenvalue weighted by atomic mass is 10.1. The number of hydrogen-bond donors (Lipinski definition) is 0. The van der Waals surface area contributed by atoms with Gasteiger partial charge in [-0.15, -0.1) is 0 Å². The molecule has 10 heteroatoms. The largest absolute Gasteiger partial charge is 0.287 e. The zero-order chi connectivity index (χ0) is 13.2. The lowest BCUT2D eigenvalue weighted by Gasteiger charge is -2.01. The number of rotatable bonds is 4. The number of nitrogens with zero attached hydrogens (tertiary/aromatic N) is 3. The number of nitro groups is 3. The van der Waals surface area contributed by atoms with Crippen LogP contribution in [0.15, 0.2) is 12.1 Å². The van der Waals surface area contributed by atoms with Crippen LogP contribution in [0.25, 0.3) is 0 Å². The Balaban J connectivity index is 3.43. The third kappa shape index (κ3) is 2.84. The zero-order valence-electron chi connectivity index (χ0n) is 8.03. The van der Waals surface area contributed by atoms with Gasteiger partial charge in [-0.3, -0.25) is 30.3 Å². The summed E-state index contributed by atoms with van der Waals surface area (Å²) in [4.78, 5) is 28.8. The SMILES string of the molecule is O=[N+]([O-])Cc1c(Cl)cc([N+](=O)[O-])cc1[N+](=O)[O-]. The van der Waals surface area contributed by atoms with Gasteiger partial charge in [0.25, 0.3) is 11.4 Å². The standard InChI is InChI=1S/C7H4ClN3O6/c8-6-1-4(10(14)15)2-7(11(16)17)5(6)3-9(12)13/h1-2H,3H2. The molecule has 1 aromatic rings. The van der Waals surface area contributed by atoms with Crippen molar-refractivity contribution in [2.45, 2.75) is 6.54 Å². The van der Waals surface area contributed by atoms with E-state index in [0.29, 0.717) is 6.07 Å². The Morgan fingerprint density at radius 3 is 2.06 bits per heavy atom. The lowest BCUT2D eigenvalue weighted by molar-refractivity contribution is -0.498. The summed E-state index contributed by atoms with van der Waals surface area (Å²) >= 11 is 5.55. The van der Waals surface area contributed by atoms with Gasteiger partial charge in [-0.1, -0.05) is 11.6 Å². The van der Waals surface area contributed by atoms with E-state index in [0.717, 1.165) is 6.07 Å². The third-order valence-electron chi connectivity index (χ3n) is 1.85. The summed E-state index contributed by atoms with van der Waals surface area (Å²) in [6.45, 7) is -0.868. The summed E-state index contributed by atoms with van der Waals surface area (Å²) in [5.41, 5.74) is -1.68. The first-order valence-electron chi connectivity index (χ1n) is 4.06. The molecule has 0 aliphatic rings. The highest BCUT2D eigenvalue weighted by molar-refractivity contribution is 6.31. The van der Waals surface area contributed by atoms with Crippen LogP contribution in [0, 0.1) is 30.3 Å². The Kier molecular flexibility index (Phi) is 3.53. The predicted molar refractivity (Wildman–Crippen MR) is 55.5 cm³/mol. The van der Waals surface area contributed by atoms with Gasteiger partial charge >= 0.3 is 0 Å². The van der Waals surface area contributed by atoms with Crippen LogP contribution >= 0.6 is 11.6 Å². The Morgan fingerprint density at radius 1 is 1.06 bits per heavy atom. The molecule has 0 unspecified atom stereocenters. The Morgan fingerprint density at radius 2 is 1.65 bits per heavy atom. The maximum atomic E-state index is 10.6. The fourth-order valence-electron chi connectivity index (χ4n) is 1.16. The van der Waals surface area contributed by atoms with Crippen LogP contribution in [-0.4, -0.2) is 14.8 Å². The van der Waals surface area contributed by atoms with Crippen LogP contribution < -0.4 is 0 Å². The molecule has 9 nitrogen and oxygen atoms in total. The molecule has 0 amide bonds. The van der Waals surface area contributed by atoms with E-state index in [1.807, 2.05) is 0 Å². The molecule has 17 heavy (non-hydrogen) atoms. The van der Waals surface area contributed by atoms with E-state index in [2.05, 4.69) is 0 Å². The van der Waals surface area contributed by atoms with E-state index >= 15 is 0 Å². The van der Waals surface area contributed by atoms with E-state index in [-0.39, 0.29) is 10.6 Å². The van der Waals surface area contributed by atoms with Gasteiger partial charge in [-0.2, -0.15) is 0 Å². The number of benzene rings is 1. The van der Waals surface area contributed by atoms with E-state index < -0.39 is 32.7 Å². The van der Waals surface area contributed by atoms with Crippen molar-refractivity contribution < 1.29 is 14.8 Å². The minimum Gasteiger partial charge on any atom is -0.264 e. The van der Waals surface area contributed by atoms with Crippen molar-refractivity contribution in [1.82, 2.24) is 0 Å². The first kappa shape index (κ1) is 12.8. The molecular weight excluding hydrogens is 258 g/mol. The van der Waals surface area contributed by atoms with Crippen molar-refractivity contribution >= 4 is 23.0 Å². The molecule has 0 aliphatic carbocycles. The van der Waals surface area contributed by atoms with Crippen LogP contribution in [0.2, 0.25) is 5.02 Å². The summed E-state index contributed by atoms with van der Waals surface area (Å²) in [5.74, 6) is 0. The molecule has 90 valence electrons. The van der Waals surface area contributed by atoms with Crippen LogP contribution in [0.1, 0.15) is 5.56 Å². The zero-order valence-corrected chi connectivity index (χ0v) is 8.79. The summed E-state index contributed by atoms with van der Waals surface area (Å²) < 4.78 is 0. The van der Waals surface area contributed by atoms with Crippen LogP contribution in [0.4, 0.5) is 11.4 Å². The smallest absolute Gasteiger partial charge is 0.264 e. The van der Waals surface area contributed by atoms with Gasteiger partial charge in [-0.05, 0) is 0 Å². The monoisotopic (exact) mass is 261 g/mol. The van der Waals surface area contributed by atoms with Crippen molar-refractivity contribution in [3.63, 3.8) is 0 Å². The molecule has 0 heterocycles. The second-order valence-electron chi connectivity index (χ2n) is 2.93. The van der Waals surface area contributed by atoms with E-state index in [4.69, 9.17) is 11.6 Å². The second kappa shape index (κ2) is 4.70. The summed E-state index contributed by atoms with van der Waals surface area (Å²) in [5, 5.41) is 31.0. The summed E-state index contributed by atoms with van der Waals surface area (Å²) in [6.07, 6.45) is 0. The van der Waals surface area contributed by atoms with E-state index in [1.54, 1.807) is 0 Å². The van der Waals surface area contributed by atoms with Gasteiger partial charge in [0.05, 0.1) is 20.9 Å². The Labute approximate surface area is 98.1 Å². The summed E-state index contributed by atoms with van der Waals surface area (Å²) in [6, 6.07) is 1.48. The number of hydrogen-bond acceptors (Lipinski definition) is 6. The van der Waals surface area contributed by atoms with Gasteiger partial charge in [0.15, 0.2) is 0 Å². The molecule has 0 fully saturated rings. The molecule has 0 radical (unpaired) electrons. The summed E-state index contributed by atoms with van der Waals surface area (Å²) in [7, 11) is 0. The van der Waals surface area contributed by atoms with E-state index in [1.165, 1.54) is 0 Å². The highest BCUT2D eigenvalue weighted by Gasteiger charge is 2.26. The molecule has 0 spiro atoms. The number of non-ortho nitro benzene ring substituents is 1. The lowest BCUT2D eigenvalue weighted by Crippen LogP contribution is -2.04. The molecular formula is C7H4ClN3O6. The molecule has 1 aromatic carbocycles. The molecule has 0 bridgehead atoms. The fraction of sp³-hybridized carbons (Fsp3) is 0.143. The number of halogens is 1. The predicted octanol–water partition coefficient (Wildman–Crippen LogP) is 1.93.